The summed E-state index contributed by atoms with van der Waals surface area (Å²) in [4.78, 5) is 35.0. The van der Waals surface area contributed by atoms with Crippen LogP contribution < -0.4 is 0 Å². The maximum absolute atomic E-state index is 13.0. The number of esters is 1. The molecule has 0 saturated carbocycles. The number of aromatic nitrogens is 2. The summed E-state index contributed by atoms with van der Waals surface area (Å²) in [5.74, 6) is -0.118. The van der Waals surface area contributed by atoms with Crippen LogP contribution in [0.15, 0.2) is 54.9 Å². The number of hydrogen-bond donors (Lipinski definition) is 1. The van der Waals surface area contributed by atoms with Crippen molar-refractivity contribution in [2.45, 2.75) is 39.0 Å². The molecule has 0 aliphatic carbocycles. The van der Waals surface area contributed by atoms with Gasteiger partial charge in [0.15, 0.2) is 0 Å². The maximum atomic E-state index is 13.0. The van der Waals surface area contributed by atoms with Crippen LogP contribution in [0.5, 0.6) is 0 Å². The molecule has 31 heavy (non-hydrogen) atoms. The predicted octanol–water partition coefficient (Wildman–Crippen LogP) is 4.37. The topological polar surface area (TPSA) is 75.3 Å². The Bertz CT molecular complexity index is 1040. The first-order valence-electron chi connectivity index (χ1n) is 11.0. The van der Waals surface area contributed by atoms with E-state index in [1.54, 1.807) is 6.33 Å². The van der Waals surface area contributed by atoms with Crippen LogP contribution in [0.25, 0.3) is 11.0 Å². The number of H-pyrrole nitrogens is 1. The minimum absolute atomic E-state index is 0.00163. The second-order valence-electron chi connectivity index (χ2n) is 8.27. The zero-order chi connectivity index (χ0) is 21.7. The van der Waals surface area contributed by atoms with E-state index in [1.807, 2.05) is 48.2 Å². The quantitative estimate of drug-likeness (QED) is 0.577. The number of carbonyl (C=O) groups excluding carboxylic acids is 2. The van der Waals surface area contributed by atoms with Gasteiger partial charge >= 0.3 is 5.97 Å². The summed E-state index contributed by atoms with van der Waals surface area (Å²) < 4.78 is 5.45. The third-order valence-electron chi connectivity index (χ3n) is 6.35. The fourth-order valence-corrected chi connectivity index (χ4v) is 4.50. The van der Waals surface area contributed by atoms with Gasteiger partial charge in [0.25, 0.3) is 5.91 Å². The van der Waals surface area contributed by atoms with Crippen LogP contribution in [0.1, 0.15) is 48.5 Å². The van der Waals surface area contributed by atoms with Crippen LogP contribution in [0.4, 0.5) is 0 Å². The molecule has 162 valence electrons. The smallest absolute Gasteiger partial charge is 0.312 e. The van der Waals surface area contributed by atoms with Crippen LogP contribution >= 0.6 is 0 Å². The average Bonchev–Trinajstić information content (AvgIpc) is 3.28. The molecule has 1 aromatic heterocycles. The van der Waals surface area contributed by atoms with Crippen molar-refractivity contribution in [3.8, 4) is 0 Å². The summed E-state index contributed by atoms with van der Waals surface area (Å²) in [6, 6.07) is 15.9. The monoisotopic (exact) mass is 419 g/mol. The molecular weight excluding hydrogens is 390 g/mol. The minimum atomic E-state index is -0.505. The molecule has 0 atom stereocenters. The fraction of sp³-hybridized carbons (Fsp3) is 0.400. The van der Waals surface area contributed by atoms with Crippen molar-refractivity contribution in [2.24, 2.45) is 5.41 Å². The van der Waals surface area contributed by atoms with E-state index in [0.717, 1.165) is 30.3 Å². The van der Waals surface area contributed by atoms with Gasteiger partial charge in [0.05, 0.1) is 29.4 Å². The summed E-state index contributed by atoms with van der Waals surface area (Å²) >= 11 is 0. The van der Waals surface area contributed by atoms with Gasteiger partial charge in [-0.05, 0) is 62.8 Å². The summed E-state index contributed by atoms with van der Waals surface area (Å²) in [5, 5.41) is 0. The molecule has 4 rings (SSSR count). The van der Waals surface area contributed by atoms with E-state index in [9.17, 15) is 9.59 Å². The summed E-state index contributed by atoms with van der Waals surface area (Å²) in [6.07, 6.45) is 5.55. The number of rotatable bonds is 7. The summed E-state index contributed by atoms with van der Waals surface area (Å²) in [7, 11) is 0. The fourth-order valence-electron chi connectivity index (χ4n) is 4.50. The van der Waals surface area contributed by atoms with E-state index in [4.69, 9.17) is 4.74 Å². The highest BCUT2D eigenvalue weighted by Crippen LogP contribution is 2.38. The number of hydrogen-bond acceptors (Lipinski definition) is 4. The van der Waals surface area contributed by atoms with Gasteiger partial charge in [-0.15, -0.1) is 0 Å². The number of piperidine rings is 1. The first kappa shape index (κ1) is 21.1. The van der Waals surface area contributed by atoms with Crippen molar-refractivity contribution < 1.29 is 14.3 Å². The van der Waals surface area contributed by atoms with Crippen LogP contribution in [0.3, 0.4) is 0 Å². The molecule has 1 N–H and O–H groups in total. The van der Waals surface area contributed by atoms with Crippen molar-refractivity contribution in [3.05, 3.63) is 66.0 Å². The molecule has 1 fully saturated rings. The SMILES string of the molecule is CCOC(=O)C1(CCCc2ccccc2)CCN(C(=O)c2ccc3nc[nH]c3c2)CC1. The minimum Gasteiger partial charge on any atom is -0.466 e. The Hall–Kier alpha value is -3.15. The molecule has 0 spiro atoms. The lowest BCUT2D eigenvalue weighted by Gasteiger charge is -2.40. The molecule has 1 aliphatic rings. The average molecular weight is 420 g/mol. The van der Waals surface area contributed by atoms with Gasteiger partial charge in [-0.2, -0.15) is 0 Å². The van der Waals surface area contributed by atoms with E-state index in [2.05, 4.69) is 22.1 Å². The Kier molecular flexibility index (Phi) is 6.35. The maximum Gasteiger partial charge on any atom is 0.312 e. The number of aromatic amines is 1. The molecular formula is C25H29N3O3. The molecule has 0 unspecified atom stereocenters. The van der Waals surface area contributed by atoms with Crippen LogP contribution in [0, 0.1) is 5.41 Å². The van der Waals surface area contributed by atoms with Crippen LogP contribution in [-0.2, 0) is 16.0 Å². The standard InChI is InChI=1S/C25H29N3O3/c1-2-31-24(30)25(12-6-9-19-7-4-3-5-8-19)13-15-28(16-14-25)23(29)20-10-11-21-22(17-20)27-18-26-21/h3-5,7-8,10-11,17-18H,2,6,9,12-16H2,1H3,(H,26,27). The third-order valence-corrected chi connectivity index (χ3v) is 6.35. The lowest BCUT2D eigenvalue weighted by molar-refractivity contribution is -0.159. The molecule has 3 aromatic rings. The van der Waals surface area contributed by atoms with E-state index >= 15 is 0 Å². The molecule has 6 heteroatoms. The highest BCUT2D eigenvalue weighted by atomic mass is 16.5. The highest BCUT2D eigenvalue weighted by Gasteiger charge is 2.43. The van der Waals surface area contributed by atoms with Gasteiger partial charge in [0.1, 0.15) is 0 Å². The molecule has 0 radical (unpaired) electrons. The van der Waals surface area contributed by atoms with E-state index in [0.29, 0.717) is 38.1 Å². The lowest BCUT2D eigenvalue weighted by Crippen LogP contribution is -2.47. The molecule has 1 amide bonds. The second-order valence-corrected chi connectivity index (χ2v) is 8.27. The van der Waals surface area contributed by atoms with Gasteiger partial charge < -0.3 is 14.6 Å². The molecule has 2 aromatic carbocycles. The first-order chi connectivity index (χ1) is 15.1. The van der Waals surface area contributed by atoms with Crippen molar-refractivity contribution >= 4 is 22.9 Å². The Morgan fingerprint density at radius 1 is 1.13 bits per heavy atom. The number of aryl methyl sites for hydroxylation is 1. The van der Waals surface area contributed by atoms with Crippen molar-refractivity contribution in [2.75, 3.05) is 19.7 Å². The molecule has 2 heterocycles. The number of amides is 1. The molecule has 1 aliphatic heterocycles. The number of carbonyl (C=O) groups is 2. The van der Waals surface area contributed by atoms with E-state index in [-0.39, 0.29) is 11.9 Å². The van der Waals surface area contributed by atoms with E-state index in [1.165, 1.54) is 5.56 Å². The van der Waals surface area contributed by atoms with Crippen LogP contribution in [0.2, 0.25) is 0 Å². The van der Waals surface area contributed by atoms with Gasteiger partial charge in [-0.25, -0.2) is 4.98 Å². The van der Waals surface area contributed by atoms with Gasteiger partial charge in [-0.3, -0.25) is 9.59 Å². The highest BCUT2D eigenvalue weighted by molar-refractivity contribution is 5.97. The van der Waals surface area contributed by atoms with Crippen molar-refractivity contribution in [1.29, 1.82) is 0 Å². The molecule has 6 nitrogen and oxygen atoms in total. The second kappa shape index (κ2) is 9.33. The Balaban J connectivity index is 1.41. The van der Waals surface area contributed by atoms with Crippen LogP contribution in [-0.4, -0.2) is 46.4 Å². The van der Waals surface area contributed by atoms with Gasteiger partial charge in [0, 0.05) is 18.7 Å². The first-order valence-corrected chi connectivity index (χ1v) is 11.0. The van der Waals surface area contributed by atoms with Crippen molar-refractivity contribution in [1.82, 2.24) is 14.9 Å². The Morgan fingerprint density at radius 2 is 1.90 bits per heavy atom. The number of nitrogens with zero attached hydrogens (tertiary/aromatic N) is 2. The number of fused-ring (bicyclic) bond motifs is 1. The zero-order valence-corrected chi connectivity index (χ0v) is 18.0. The molecule has 0 bridgehead atoms. The number of likely N-dealkylation sites (tertiary alicyclic amines) is 1. The molecule has 1 saturated heterocycles. The summed E-state index contributed by atoms with van der Waals surface area (Å²) in [5.41, 5.74) is 3.11. The number of nitrogens with one attached hydrogen (secondary N) is 1. The number of benzene rings is 2. The zero-order valence-electron chi connectivity index (χ0n) is 18.0. The predicted molar refractivity (Wildman–Crippen MR) is 120 cm³/mol. The number of imidazole rings is 1. The number of ether oxygens (including phenoxy) is 1. The largest absolute Gasteiger partial charge is 0.466 e. The summed E-state index contributed by atoms with van der Waals surface area (Å²) in [6.45, 7) is 3.35. The lowest BCUT2D eigenvalue weighted by atomic mass is 9.74. The van der Waals surface area contributed by atoms with Crippen molar-refractivity contribution in [3.63, 3.8) is 0 Å². The Labute approximate surface area is 182 Å². The van der Waals surface area contributed by atoms with Gasteiger partial charge in [0.2, 0.25) is 0 Å². The normalized spacial score (nSPS) is 15.7. The Morgan fingerprint density at radius 3 is 2.65 bits per heavy atom. The van der Waals surface area contributed by atoms with Gasteiger partial charge in [-0.1, -0.05) is 30.3 Å². The third kappa shape index (κ3) is 4.63. The van der Waals surface area contributed by atoms with E-state index < -0.39 is 5.41 Å².